The zero-order chi connectivity index (χ0) is 11.5. The van der Waals surface area contributed by atoms with Crippen molar-refractivity contribution in [1.82, 2.24) is 9.97 Å². The SMILES string of the molecule is CC(=N)c1cc(-c2cccc(Cl)c2)ncn1. The summed E-state index contributed by atoms with van der Waals surface area (Å²) < 4.78 is 0. The lowest BCUT2D eigenvalue weighted by atomic mass is 10.1. The predicted molar refractivity (Wildman–Crippen MR) is 65.0 cm³/mol. The largest absolute Gasteiger partial charge is 0.303 e. The fraction of sp³-hybridized carbons (Fsp3) is 0.0833. The molecule has 1 aromatic carbocycles. The maximum absolute atomic E-state index is 7.52. The van der Waals surface area contributed by atoms with E-state index in [1.807, 2.05) is 24.3 Å². The molecule has 2 rings (SSSR count). The summed E-state index contributed by atoms with van der Waals surface area (Å²) in [6, 6.07) is 9.24. The first-order valence-electron chi connectivity index (χ1n) is 4.80. The van der Waals surface area contributed by atoms with E-state index in [1.165, 1.54) is 6.33 Å². The number of rotatable bonds is 2. The normalized spacial score (nSPS) is 10.1. The maximum Gasteiger partial charge on any atom is 0.116 e. The van der Waals surface area contributed by atoms with Gasteiger partial charge in [0.05, 0.1) is 17.1 Å². The summed E-state index contributed by atoms with van der Waals surface area (Å²) in [4.78, 5) is 8.18. The van der Waals surface area contributed by atoms with Crippen molar-refractivity contribution in [2.75, 3.05) is 0 Å². The minimum Gasteiger partial charge on any atom is -0.303 e. The van der Waals surface area contributed by atoms with Crippen molar-refractivity contribution in [3.8, 4) is 11.3 Å². The predicted octanol–water partition coefficient (Wildman–Crippen LogP) is 3.18. The van der Waals surface area contributed by atoms with E-state index in [2.05, 4.69) is 9.97 Å². The summed E-state index contributed by atoms with van der Waals surface area (Å²) in [5, 5.41) is 8.19. The van der Waals surface area contributed by atoms with Gasteiger partial charge >= 0.3 is 0 Å². The van der Waals surface area contributed by atoms with Gasteiger partial charge in [-0.3, -0.25) is 0 Å². The number of aromatic nitrogens is 2. The Bertz CT molecular complexity index is 537. The summed E-state index contributed by atoms with van der Waals surface area (Å²) in [6.07, 6.45) is 1.46. The van der Waals surface area contributed by atoms with Crippen LogP contribution < -0.4 is 0 Å². The van der Waals surface area contributed by atoms with Gasteiger partial charge in [-0.05, 0) is 25.1 Å². The molecule has 0 aliphatic carbocycles. The van der Waals surface area contributed by atoms with Crippen molar-refractivity contribution in [3.05, 3.63) is 47.4 Å². The first-order chi connectivity index (χ1) is 7.66. The summed E-state index contributed by atoms with van der Waals surface area (Å²) in [6.45, 7) is 1.70. The van der Waals surface area contributed by atoms with Crippen molar-refractivity contribution in [1.29, 1.82) is 5.41 Å². The van der Waals surface area contributed by atoms with E-state index in [-0.39, 0.29) is 0 Å². The van der Waals surface area contributed by atoms with E-state index in [0.29, 0.717) is 16.4 Å². The maximum atomic E-state index is 7.52. The van der Waals surface area contributed by atoms with Crippen molar-refractivity contribution in [3.63, 3.8) is 0 Å². The molecule has 0 amide bonds. The van der Waals surface area contributed by atoms with Crippen LogP contribution in [-0.2, 0) is 0 Å². The van der Waals surface area contributed by atoms with Crippen molar-refractivity contribution in [2.24, 2.45) is 0 Å². The average Bonchev–Trinajstić information content (AvgIpc) is 2.29. The third kappa shape index (κ3) is 2.25. The number of benzene rings is 1. The van der Waals surface area contributed by atoms with Crippen LogP contribution in [0.2, 0.25) is 5.02 Å². The third-order valence-electron chi connectivity index (χ3n) is 2.17. The van der Waals surface area contributed by atoms with Crippen LogP contribution in [0, 0.1) is 5.41 Å². The van der Waals surface area contributed by atoms with Gasteiger partial charge in [-0.1, -0.05) is 23.7 Å². The smallest absolute Gasteiger partial charge is 0.116 e. The zero-order valence-corrected chi connectivity index (χ0v) is 9.49. The van der Waals surface area contributed by atoms with E-state index < -0.39 is 0 Å². The summed E-state index contributed by atoms with van der Waals surface area (Å²) in [7, 11) is 0. The van der Waals surface area contributed by atoms with Crippen LogP contribution in [0.5, 0.6) is 0 Å². The molecule has 1 aromatic heterocycles. The molecule has 1 N–H and O–H groups in total. The standard InChI is InChI=1S/C12H10ClN3/c1-8(14)11-6-12(16-7-15-11)9-3-2-4-10(13)5-9/h2-7,14H,1H3. The molecule has 0 unspecified atom stereocenters. The third-order valence-corrected chi connectivity index (χ3v) is 2.41. The van der Waals surface area contributed by atoms with E-state index in [0.717, 1.165) is 11.3 Å². The first-order valence-corrected chi connectivity index (χ1v) is 5.18. The molecule has 0 aliphatic rings. The molecular formula is C12H10ClN3. The molecule has 2 aromatic rings. The summed E-state index contributed by atoms with van der Waals surface area (Å²) in [5.74, 6) is 0. The fourth-order valence-electron chi connectivity index (χ4n) is 1.37. The van der Waals surface area contributed by atoms with E-state index in [1.54, 1.807) is 13.0 Å². The second-order valence-corrected chi connectivity index (χ2v) is 3.86. The number of nitrogens with one attached hydrogen (secondary N) is 1. The highest BCUT2D eigenvalue weighted by molar-refractivity contribution is 6.30. The Morgan fingerprint density at radius 2 is 2.06 bits per heavy atom. The molecule has 0 saturated carbocycles. The summed E-state index contributed by atoms with van der Waals surface area (Å²) in [5.41, 5.74) is 2.76. The Hall–Kier alpha value is -1.74. The minimum absolute atomic E-state index is 0.422. The van der Waals surface area contributed by atoms with E-state index in [9.17, 15) is 0 Å². The van der Waals surface area contributed by atoms with E-state index >= 15 is 0 Å². The topological polar surface area (TPSA) is 49.6 Å². The molecule has 0 atom stereocenters. The van der Waals surface area contributed by atoms with E-state index in [4.69, 9.17) is 17.0 Å². The molecule has 0 radical (unpaired) electrons. The number of hydrogen-bond acceptors (Lipinski definition) is 3. The molecule has 1 heterocycles. The van der Waals surface area contributed by atoms with Gasteiger partial charge < -0.3 is 5.41 Å². The minimum atomic E-state index is 0.422. The highest BCUT2D eigenvalue weighted by atomic mass is 35.5. The lowest BCUT2D eigenvalue weighted by Gasteiger charge is -2.03. The molecule has 0 fully saturated rings. The zero-order valence-electron chi connectivity index (χ0n) is 8.74. The first kappa shape index (κ1) is 10.8. The molecule has 80 valence electrons. The van der Waals surface area contributed by atoms with Crippen LogP contribution in [0.3, 0.4) is 0 Å². The Kier molecular flexibility index (Phi) is 2.97. The van der Waals surface area contributed by atoms with Crippen LogP contribution in [0.1, 0.15) is 12.6 Å². The molecule has 4 heteroatoms. The van der Waals surface area contributed by atoms with Gasteiger partial charge in [0.1, 0.15) is 6.33 Å². The Balaban J connectivity index is 2.48. The Labute approximate surface area is 98.6 Å². The highest BCUT2D eigenvalue weighted by Gasteiger charge is 2.03. The van der Waals surface area contributed by atoms with Gasteiger partial charge in [-0.25, -0.2) is 9.97 Å². The summed E-state index contributed by atoms with van der Waals surface area (Å²) >= 11 is 5.91. The Morgan fingerprint density at radius 1 is 1.25 bits per heavy atom. The van der Waals surface area contributed by atoms with Gasteiger partial charge in [0, 0.05) is 10.6 Å². The molecule has 0 spiro atoms. The number of halogens is 1. The van der Waals surface area contributed by atoms with Crippen LogP contribution in [-0.4, -0.2) is 15.7 Å². The second kappa shape index (κ2) is 4.41. The fourth-order valence-corrected chi connectivity index (χ4v) is 1.56. The van der Waals surface area contributed by atoms with Crippen molar-refractivity contribution >= 4 is 17.3 Å². The molecule has 0 saturated heterocycles. The highest BCUT2D eigenvalue weighted by Crippen LogP contribution is 2.20. The average molecular weight is 232 g/mol. The molecule has 3 nitrogen and oxygen atoms in total. The lowest BCUT2D eigenvalue weighted by molar-refractivity contribution is 1.15. The molecule has 0 bridgehead atoms. The number of hydrogen-bond donors (Lipinski definition) is 1. The van der Waals surface area contributed by atoms with Gasteiger partial charge in [-0.2, -0.15) is 0 Å². The van der Waals surface area contributed by atoms with Crippen LogP contribution in [0.4, 0.5) is 0 Å². The van der Waals surface area contributed by atoms with Gasteiger partial charge in [0.15, 0.2) is 0 Å². The molecule has 16 heavy (non-hydrogen) atoms. The quantitative estimate of drug-likeness (QED) is 0.807. The van der Waals surface area contributed by atoms with Crippen molar-refractivity contribution in [2.45, 2.75) is 6.92 Å². The molecular weight excluding hydrogens is 222 g/mol. The van der Waals surface area contributed by atoms with Crippen LogP contribution in [0.15, 0.2) is 36.7 Å². The molecule has 0 aliphatic heterocycles. The Morgan fingerprint density at radius 3 is 2.75 bits per heavy atom. The van der Waals surface area contributed by atoms with Gasteiger partial charge in [0.25, 0.3) is 0 Å². The monoisotopic (exact) mass is 231 g/mol. The van der Waals surface area contributed by atoms with Gasteiger partial charge in [0.2, 0.25) is 0 Å². The second-order valence-electron chi connectivity index (χ2n) is 3.42. The van der Waals surface area contributed by atoms with Crippen molar-refractivity contribution < 1.29 is 0 Å². The van der Waals surface area contributed by atoms with Crippen LogP contribution in [0.25, 0.3) is 11.3 Å². The number of nitrogens with zero attached hydrogens (tertiary/aromatic N) is 2. The van der Waals surface area contributed by atoms with Gasteiger partial charge in [-0.15, -0.1) is 0 Å². The lowest BCUT2D eigenvalue weighted by Crippen LogP contribution is -1.98. The van der Waals surface area contributed by atoms with Crippen LogP contribution >= 0.6 is 11.6 Å².